The normalized spacial score (nSPS) is 16.8. The van der Waals surface area contributed by atoms with Crippen molar-refractivity contribution in [3.63, 3.8) is 0 Å². The number of benzene rings is 1. The van der Waals surface area contributed by atoms with Crippen molar-refractivity contribution in [2.45, 2.75) is 32.3 Å². The van der Waals surface area contributed by atoms with Crippen LogP contribution < -0.4 is 5.32 Å². The van der Waals surface area contributed by atoms with Gasteiger partial charge in [0.15, 0.2) is 0 Å². The van der Waals surface area contributed by atoms with Crippen LogP contribution in [0.5, 0.6) is 0 Å². The zero-order valence-electron chi connectivity index (χ0n) is 10.7. The number of carbonyl (C=O) groups is 2. The molecular weight excluding hydrogens is 266 g/mol. The Morgan fingerprint density at radius 1 is 1.47 bits per heavy atom. The van der Waals surface area contributed by atoms with Crippen LogP contribution in [0.1, 0.15) is 37.0 Å². The molecule has 2 rings (SSSR count). The van der Waals surface area contributed by atoms with E-state index < -0.39 is 0 Å². The Balaban J connectivity index is 1.90. The quantitative estimate of drug-likeness (QED) is 0.862. The summed E-state index contributed by atoms with van der Waals surface area (Å²) in [5, 5.41) is 3.22. The van der Waals surface area contributed by atoms with Gasteiger partial charge in [0.1, 0.15) is 6.10 Å². The number of aryl methyl sites for hydroxylation is 1. The highest BCUT2D eigenvalue weighted by molar-refractivity contribution is 6.30. The van der Waals surface area contributed by atoms with Gasteiger partial charge in [-0.2, -0.15) is 0 Å². The lowest BCUT2D eigenvalue weighted by Crippen LogP contribution is -2.24. The molecule has 0 aromatic heterocycles. The maximum atomic E-state index is 11.7. The fraction of sp³-hybridized carbons (Fsp3) is 0.429. The van der Waals surface area contributed by atoms with Crippen LogP contribution in [-0.4, -0.2) is 18.4 Å². The fourth-order valence-corrected chi connectivity index (χ4v) is 2.40. The molecule has 1 N–H and O–H groups in total. The number of esters is 1. The van der Waals surface area contributed by atoms with Crippen molar-refractivity contribution >= 4 is 23.5 Å². The van der Waals surface area contributed by atoms with Crippen molar-refractivity contribution in [1.82, 2.24) is 5.32 Å². The van der Waals surface area contributed by atoms with E-state index in [1.54, 1.807) is 0 Å². The number of halogens is 1. The molecule has 0 fully saturated rings. The molecular formula is C14H16ClNO3. The SMILES string of the molecule is CC(=O)NCCC(=O)O[C@@H]1CCc2ccc(Cl)cc21. The molecule has 0 heterocycles. The monoisotopic (exact) mass is 281 g/mol. The highest BCUT2D eigenvalue weighted by atomic mass is 35.5. The predicted molar refractivity (Wildman–Crippen MR) is 71.9 cm³/mol. The molecule has 0 saturated carbocycles. The third-order valence-electron chi connectivity index (χ3n) is 3.11. The highest BCUT2D eigenvalue weighted by Crippen LogP contribution is 2.35. The molecule has 0 saturated heterocycles. The third-order valence-corrected chi connectivity index (χ3v) is 3.34. The number of nitrogens with one attached hydrogen (secondary N) is 1. The Labute approximate surface area is 117 Å². The molecule has 1 aliphatic rings. The number of hydrogen-bond donors (Lipinski definition) is 1. The van der Waals surface area contributed by atoms with Crippen LogP contribution in [0.25, 0.3) is 0 Å². The minimum Gasteiger partial charge on any atom is -0.457 e. The molecule has 4 nitrogen and oxygen atoms in total. The number of ether oxygens (including phenoxy) is 1. The Kier molecular flexibility index (Phi) is 4.43. The molecule has 0 spiro atoms. The first-order chi connectivity index (χ1) is 9.06. The largest absolute Gasteiger partial charge is 0.457 e. The van der Waals surface area contributed by atoms with Gasteiger partial charge in [-0.05, 0) is 36.1 Å². The van der Waals surface area contributed by atoms with E-state index in [1.165, 1.54) is 12.5 Å². The molecule has 0 bridgehead atoms. The van der Waals surface area contributed by atoms with Crippen LogP contribution in [0.2, 0.25) is 5.02 Å². The van der Waals surface area contributed by atoms with Crippen LogP contribution in [0, 0.1) is 0 Å². The minimum absolute atomic E-state index is 0.147. The second-order valence-corrected chi connectivity index (χ2v) is 5.03. The van der Waals surface area contributed by atoms with Crippen LogP contribution in [0.3, 0.4) is 0 Å². The minimum atomic E-state index is -0.299. The molecule has 19 heavy (non-hydrogen) atoms. The maximum absolute atomic E-state index is 11.7. The molecule has 1 amide bonds. The zero-order chi connectivity index (χ0) is 13.8. The van der Waals surface area contributed by atoms with Crippen molar-refractivity contribution in [2.24, 2.45) is 0 Å². The Morgan fingerprint density at radius 3 is 3.00 bits per heavy atom. The molecule has 0 radical (unpaired) electrons. The van der Waals surface area contributed by atoms with Crippen LogP contribution in [0.4, 0.5) is 0 Å². The standard InChI is InChI=1S/C14H16ClNO3/c1-9(17)16-7-6-14(18)19-13-5-3-10-2-4-11(15)8-12(10)13/h2,4,8,13H,3,5-7H2,1H3,(H,16,17)/t13-/m1/s1. The zero-order valence-corrected chi connectivity index (χ0v) is 11.5. The van der Waals surface area contributed by atoms with E-state index >= 15 is 0 Å². The van der Waals surface area contributed by atoms with Gasteiger partial charge >= 0.3 is 5.97 Å². The first-order valence-corrected chi connectivity index (χ1v) is 6.66. The maximum Gasteiger partial charge on any atom is 0.308 e. The van der Waals surface area contributed by atoms with Crippen molar-refractivity contribution < 1.29 is 14.3 Å². The number of fused-ring (bicyclic) bond motifs is 1. The van der Waals surface area contributed by atoms with Crippen molar-refractivity contribution in [3.8, 4) is 0 Å². The van der Waals surface area contributed by atoms with E-state index in [4.69, 9.17) is 16.3 Å². The molecule has 1 atom stereocenters. The summed E-state index contributed by atoms with van der Waals surface area (Å²) in [6.07, 6.45) is 1.67. The first kappa shape index (κ1) is 13.9. The van der Waals surface area contributed by atoms with E-state index in [-0.39, 0.29) is 24.4 Å². The van der Waals surface area contributed by atoms with Gasteiger partial charge in [0, 0.05) is 18.5 Å². The molecule has 0 aliphatic heterocycles. The van der Waals surface area contributed by atoms with Crippen molar-refractivity contribution in [2.75, 3.05) is 6.54 Å². The summed E-state index contributed by atoms with van der Waals surface area (Å²) < 4.78 is 5.43. The average molecular weight is 282 g/mol. The topological polar surface area (TPSA) is 55.4 Å². The van der Waals surface area contributed by atoms with E-state index in [1.807, 2.05) is 18.2 Å². The third kappa shape index (κ3) is 3.70. The molecule has 5 heteroatoms. The predicted octanol–water partition coefficient (Wildman–Crippen LogP) is 2.40. The number of amides is 1. The lowest BCUT2D eigenvalue weighted by Gasteiger charge is -2.13. The van der Waals surface area contributed by atoms with Crippen LogP contribution in [-0.2, 0) is 20.7 Å². The van der Waals surface area contributed by atoms with Crippen LogP contribution >= 0.6 is 11.6 Å². The Hall–Kier alpha value is -1.55. The number of hydrogen-bond acceptors (Lipinski definition) is 3. The second kappa shape index (κ2) is 6.06. The molecule has 1 aliphatic carbocycles. The van der Waals surface area contributed by atoms with E-state index in [9.17, 15) is 9.59 Å². The molecule has 1 aromatic carbocycles. The molecule has 1 aromatic rings. The first-order valence-electron chi connectivity index (χ1n) is 6.28. The second-order valence-electron chi connectivity index (χ2n) is 4.59. The van der Waals surface area contributed by atoms with Gasteiger partial charge < -0.3 is 10.1 Å². The highest BCUT2D eigenvalue weighted by Gasteiger charge is 2.25. The van der Waals surface area contributed by atoms with Crippen molar-refractivity contribution in [1.29, 1.82) is 0 Å². The fourth-order valence-electron chi connectivity index (χ4n) is 2.22. The van der Waals surface area contributed by atoms with E-state index in [0.717, 1.165) is 18.4 Å². The van der Waals surface area contributed by atoms with Gasteiger partial charge in [0.25, 0.3) is 0 Å². The summed E-state index contributed by atoms with van der Waals surface area (Å²) in [6, 6.07) is 5.68. The van der Waals surface area contributed by atoms with Gasteiger partial charge in [-0.3, -0.25) is 9.59 Å². The van der Waals surface area contributed by atoms with Gasteiger partial charge in [0.05, 0.1) is 6.42 Å². The van der Waals surface area contributed by atoms with Gasteiger partial charge in [-0.25, -0.2) is 0 Å². The van der Waals surface area contributed by atoms with E-state index in [2.05, 4.69) is 5.32 Å². The summed E-state index contributed by atoms with van der Waals surface area (Å²) in [6.45, 7) is 1.73. The van der Waals surface area contributed by atoms with E-state index in [0.29, 0.717) is 11.6 Å². The summed E-state index contributed by atoms with van der Waals surface area (Å²) in [4.78, 5) is 22.4. The lowest BCUT2D eigenvalue weighted by molar-refractivity contribution is -0.149. The average Bonchev–Trinajstić information content (AvgIpc) is 2.71. The Bertz CT molecular complexity index is 501. The smallest absolute Gasteiger partial charge is 0.308 e. The van der Waals surface area contributed by atoms with Crippen LogP contribution in [0.15, 0.2) is 18.2 Å². The summed E-state index contributed by atoms with van der Waals surface area (Å²) >= 11 is 5.96. The lowest BCUT2D eigenvalue weighted by atomic mass is 10.1. The Morgan fingerprint density at radius 2 is 2.26 bits per heavy atom. The van der Waals surface area contributed by atoms with Crippen molar-refractivity contribution in [3.05, 3.63) is 34.3 Å². The van der Waals surface area contributed by atoms with Gasteiger partial charge in [-0.15, -0.1) is 0 Å². The van der Waals surface area contributed by atoms with Gasteiger partial charge in [-0.1, -0.05) is 17.7 Å². The molecule has 0 unspecified atom stereocenters. The molecule has 102 valence electrons. The van der Waals surface area contributed by atoms with Gasteiger partial charge in [0.2, 0.25) is 5.91 Å². The summed E-state index contributed by atoms with van der Waals surface area (Å²) in [5.41, 5.74) is 2.18. The summed E-state index contributed by atoms with van der Waals surface area (Å²) in [7, 11) is 0. The number of rotatable bonds is 4. The summed E-state index contributed by atoms with van der Waals surface area (Å²) in [5.74, 6) is -0.447. The number of carbonyl (C=O) groups excluding carboxylic acids is 2.